The van der Waals surface area contributed by atoms with Crippen LogP contribution in [0.25, 0.3) is 0 Å². The minimum atomic E-state index is 0.366. The van der Waals surface area contributed by atoms with Gasteiger partial charge in [0.2, 0.25) is 0 Å². The van der Waals surface area contributed by atoms with E-state index in [1.54, 1.807) is 13.3 Å². The first-order valence-electron chi connectivity index (χ1n) is 7.86. The molecule has 0 bridgehead atoms. The van der Waals surface area contributed by atoms with Crippen molar-refractivity contribution in [3.63, 3.8) is 0 Å². The first kappa shape index (κ1) is 15.0. The number of hydrogen-bond acceptors (Lipinski definition) is 5. The van der Waals surface area contributed by atoms with E-state index in [-0.39, 0.29) is 0 Å². The van der Waals surface area contributed by atoms with E-state index in [0.29, 0.717) is 6.04 Å². The van der Waals surface area contributed by atoms with E-state index in [4.69, 9.17) is 4.74 Å². The van der Waals surface area contributed by atoms with Gasteiger partial charge >= 0.3 is 0 Å². The Bertz CT molecular complexity index is 622. The molecule has 0 N–H and O–H groups in total. The number of likely N-dealkylation sites (tertiary alicyclic amines) is 1. The summed E-state index contributed by atoms with van der Waals surface area (Å²) in [6.07, 6.45) is 4.14. The summed E-state index contributed by atoms with van der Waals surface area (Å²) in [7, 11) is 1.67. The summed E-state index contributed by atoms with van der Waals surface area (Å²) in [5, 5.41) is 8.41. The van der Waals surface area contributed by atoms with Crippen LogP contribution in [0, 0.1) is 6.92 Å². The van der Waals surface area contributed by atoms with E-state index in [2.05, 4.69) is 33.2 Å². The van der Waals surface area contributed by atoms with Crippen molar-refractivity contribution < 1.29 is 4.74 Å². The van der Waals surface area contributed by atoms with Crippen LogP contribution >= 0.6 is 0 Å². The molecule has 2 aromatic heterocycles. The van der Waals surface area contributed by atoms with Gasteiger partial charge < -0.3 is 4.74 Å². The van der Waals surface area contributed by atoms with Gasteiger partial charge in [-0.1, -0.05) is 5.21 Å². The van der Waals surface area contributed by atoms with Crippen LogP contribution in [-0.2, 0) is 13.1 Å². The van der Waals surface area contributed by atoms with Crippen molar-refractivity contribution in [1.29, 1.82) is 0 Å². The molecule has 2 aromatic rings. The second kappa shape index (κ2) is 6.44. The van der Waals surface area contributed by atoms with Crippen LogP contribution in [0.1, 0.15) is 42.9 Å². The lowest BCUT2D eigenvalue weighted by Crippen LogP contribution is -2.25. The van der Waals surface area contributed by atoms with Crippen molar-refractivity contribution in [2.24, 2.45) is 0 Å². The average Bonchev–Trinajstić information content (AvgIpc) is 3.15. The first-order valence-corrected chi connectivity index (χ1v) is 7.86. The number of nitrogens with zero attached hydrogens (tertiary/aromatic N) is 5. The van der Waals surface area contributed by atoms with Gasteiger partial charge in [-0.2, -0.15) is 0 Å². The highest BCUT2D eigenvalue weighted by molar-refractivity contribution is 5.22. The molecule has 3 rings (SSSR count). The Morgan fingerprint density at radius 3 is 2.91 bits per heavy atom. The van der Waals surface area contributed by atoms with Crippen LogP contribution in [0.15, 0.2) is 18.3 Å². The summed E-state index contributed by atoms with van der Waals surface area (Å²) in [5.41, 5.74) is 3.35. The highest BCUT2D eigenvalue weighted by Gasteiger charge is 2.28. The standard InChI is InChI=1S/C16H23N5O/c1-4-21-16(12(2)18-19-21)11-20-9-5-6-15(20)14-8-7-13(22-3)10-17-14/h7-8,10,15H,4-6,9,11H2,1-3H3. The lowest BCUT2D eigenvalue weighted by molar-refractivity contribution is 0.236. The van der Waals surface area contributed by atoms with Gasteiger partial charge in [0.25, 0.3) is 0 Å². The number of methoxy groups -OCH3 is 1. The Morgan fingerprint density at radius 1 is 1.36 bits per heavy atom. The van der Waals surface area contributed by atoms with Crippen molar-refractivity contribution in [2.45, 2.75) is 45.8 Å². The fourth-order valence-corrected chi connectivity index (χ4v) is 3.12. The number of hydrogen-bond donors (Lipinski definition) is 0. The maximum Gasteiger partial charge on any atom is 0.137 e. The van der Waals surface area contributed by atoms with E-state index in [1.807, 2.05) is 17.7 Å². The Labute approximate surface area is 131 Å². The summed E-state index contributed by atoms with van der Waals surface area (Å²) in [6.45, 7) is 6.96. The molecule has 1 aliphatic rings. The molecule has 1 aliphatic heterocycles. The predicted octanol–water partition coefficient (Wildman–Crippen LogP) is 2.35. The van der Waals surface area contributed by atoms with Gasteiger partial charge in [0, 0.05) is 13.1 Å². The highest BCUT2D eigenvalue weighted by Crippen LogP contribution is 2.32. The quantitative estimate of drug-likeness (QED) is 0.848. The van der Waals surface area contributed by atoms with Crippen LogP contribution in [0.4, 0.5) is 0 Å². The van der Waals surface area contributed by atoms with E-state index >= 15 is 0 Å². The number of rotatable bonds is 5. The molecule has 6 heteroatoms. The van der Waals surface area contributed by atoms with Crippen LogP contribution in [-0.4, -0.2) is 38.5 Å². The SMILES string of the molecule is CCn1nnc(C)c1CN1CCCC1c1ccc(OC)cn1. The Hall–Kier alpha value is -1.95. The van der Waals surface area contributed by atoms with E-state index < -0.39 is 0 Å². The second-order valence-electron chi connectivity index (χ2n) is 5.69. The number of pyridine rings is 1. The molecular weight excluding hydrogens is 278 g/mol. The molecule has 0 saturated carbocycles. The second-order valence-corrected chi connectivity index (χ2v) is 5.69. The van der Waals surface area contributed by atoms with E-state index in [1.165, 1.54) is 12.1 Å². The Kier molecular flexibility index (Phi) is 4.38. The molecular formula is C16H23N5O. The van der Waals surface area contributed by atoms with Gasteiger partial charge in [0.15, 0.2) is 0 Å². The zero-order valence-electron chi connectivity index (χ0n) is 13.5. The number of aromatic nitrogens is 4. The first-order chi connectivity index (χ1) is 10.7. The van der Waals surface area contributed by atoms with Crippen molar-refractivity contribution >= 4 is 0 Å². The van der Waals surface area contributed by atoms with Crippen molar-refractivity contribution in [2.75, 3.05) is 13.7 Å². The molecule has 0 radical (unpaired) electrons. The molecule has 6 nitrogen and oxygen atoms in total. The maximum atomic E-state index is 5.19. The molecule has 0 amide bonds. The monoisotopic (exact) mass is 301 g/mol. The van der Waals surface area contributed by atoms with Gasteiger partial charge in [0.05, 0.1) is 36.4 Å². The number of ether oxygens (including phenoxy) is 1. The largest absolute Gasteiger partial charge is 0.495 e. The van der Waals surface area contributed by atoms with Gasteiger partial charge in [0.1, 0.15) is 5.75 Å². The lowest BCUT2D eigenvalue weighted by atomic mass is 10.1. The van der Waals surface area contributed by atoms with Crippen molar-refractivity contribution in [1.82, 2.24) is 24.9 Å². The van der Waals surface area contributed by atoms with Crippen molar-refractivity contribution in [3.8, 4) is 5.75 Å². The van der Waals surface area contributed by atoms with E-state index in [9.17, 15) is 0 Å². The fourth-order valence-electron chi connectivity index (χ4n) is 3.12. The summed E-state index contributed by atoms with van der Waals surface area (Å²) >= 11 is 0. The molecule has 0 aliphatic carbocycles. The molecule has 1 unspecified atom stereocenters. The van der Waals surface area contributed by atoms with Crippen LogP contribution in [0.5, 0.6) is 5.75 Å². The molecule has 3 heterocycles. The molecule has 1 fully saturated rings. The summed E-state index contributed by atoms with van der Waals surface area (Å²) in [4.78, 5) is 7.05. The summed E-state index contributed by atoms with van der Waals surface area (Å²) < 4.78 is 7.19. The third-order valence-electron chi connectivity index (χ3n) is 4.38. The molecule has 118 valence electrons. The maximum absolute atomic E-state index is 5.19. The Balaban J connectivity index is 1.79. The highest BCUT2D eigenvalue weighted by atomic mass is 16.5. The number of aryl methyl sites for hydroxylation is 2. The molecule has 1 saturated heterocycles. The minimum Gasteiger partial charge on any atom is -0.495 e. The molecule has 0 aromatic carbocycles. The smallest absolute Gasteiger partial charge is 0.137 e. The summed E-state index contributed by atoms with van der Waals surface area (Å²) in [5.74, 6) is 0.803. The topological polar surface area (TPSA) is 56.1 Å². The molecule has 22 heavy (non-hydrogen) atoms. The van der Waals surface area contributed by atoms with Gasteiger partial charge in [-0.15, -0.1) is 5.10 Å². The van der Waals surface area contributed by atoms with Gasteiger partial charge in [-0.05, 0) is 45.4 Å². The average molecular weight is 301 g/mol. The normalized spacial score (nSPS) is 18.8. The minimum absolute atomic E-state index is 0.366. The van der Waals surface area contributed by atoms with Crippen LogP contribution in [0.3, 0.4) is 0 Å². The zero-order valence-corrected chi connectivity index (χ0v) is 13.5. The third-order valence-corrected chi connectivity index (χ3v) is 4.38. The van der Waals surface area contributed by atoms with Crippen LogP contribution < -0.4 is 4.74 Å². The Morgan fingerprint density at radius 2 is 2.23 bits per heavy atom. The van der Waals surface area contributed by atoms with Crippen molar-refractivity contribution in [3.05, 3.63) is 35.4 Å². The summed E-state index contributed by atoms with van der Waals surface area (Å²) in [6, 6.07) is 4.43. The van der Waals surface area contributed by atoms with Crippen LogP contribution in [0.2, 0.25) is 0 Å². The lowest BCUT2D eigenvalue weighted by Gasteiger charge is -2.24. The van der Waals surface area contributed by atoms with Gasteiger partial charge in [-0.25, -0.2) is 4.68 Å². The van der Waals surface area contributed by atoms with E-state index in [0.717, 1.165) is 43.2 Å². The third kappa shape index (κ3) is 2.83. The molecule has 0 spiro atoms. The fraction of sp³-hybridized carbons (Fsp3) is 0.562. The zero-order chi connectivity index (χ0) is 15.5. The molecule has 1 atom stereocenters. The van der Waals surface area contributed by atoms with Gasteiger partial charge in [-0.3, -0.25) is 9.88 Å². The predicted molar refractivity (Wildman–Crippen MR) is 83.6 cm³/mol.